The number of amidine groups is 1. The van der Waals surface area contributed by atoms with Crippen LogP contribution < -0.4 is 5.32 Å². The summed E-state index contributed by atoms with van der Waals surface area (Å²) in [4.78, 5) is 4.09. The largest absolute Gasteiger partial charge is 0.359 e. The number of rotatable bonds is 6. The summed E-state index contributed by atoms with van der Waals surface area (Å²) in [5, 5.41) is 2.94. The standard InChI is InChI=1S/C11H18F4N2S/c1-3-7(4-2)8-5-16-10(18-8)17-6-11(14,15)9(12)13/h7-9H,3-6H2,1-2H3,(H,16,17). The SMILES string of the molecule is CCC(CC)C1CN=C(NCC(F)(F)C(F)F)S1. The Hall–Kier alpha value is -0.460. The Balaban J connectivity index is 2.39. The van der Waals surface area contributed by atoms with Crippen LogP contribution in [0.1, 0.15) is 26.7 Å². The number of nitrogens with zero attached hydrogens (tertiary/aromatic N) is 1. The van der Waals surface area contributed by atoms with E-state index >= 15 is 0 Å². The maximum atomic E-state index is 12.7. The molecule has 2 nitrogen and oxygen atoms in total. The maximum absolute atomic E-state index is 12.7. The molecule has 7 heteroatoms. The number of alkyl halides is 4. The Morgan fingerprint density at radius 2 is 2.00 bits per heavy atom. The first-order chi connectivity index (χ1) is 8.40. The van der Waals surface area contributed by atoms with E-state index in [-0.39, 0.29) is 5.25 Å². The van der Waals surface area contributed by atoms with Crippen molar-refractivity contribution >= 4 is 16.9 Å². The molecular weight excluding hydrogens is 268 g/mol. The molecule has 0 fully saturated rings. The molecule has 0 bridgehead atoms. The second-order valence-corrected chi connectivity index (χ2v) is 5.52. The second-order valence-electron chi connectivity index (χ2n) is 4.29. The third kappa shape index (κ3) is 4.03. The van der Waals surface area contributed by atoms with Gasteiger partial charge < -0.3 is 5.32 Å². The summed E-state index contributed by atoms with van der Waals surface area (Å²) in [5.74, 6) is -3.52. The van der Waals surface area contributed by atoms with Gasteiger partial charge in [-0.2, -0.15) is 8.78 Å². The molecule has 18 heavy (non-hydrogen) atoms. The van der Waals surface area contributed by atoms with Crippen molar-refractivity contribution in [2.24, 2.45) is 10.9 Å². The molecule has 1 aliphatic rings. The summed E-state index contributed by atoms with van der Waals surface area (Å²) < 4.78 is 49.4. The molecule has 0 saturated carbocycles. The number of thioether (sulfide) groups is 1. The molecule has 1 aliphatic heterocycles. The Morgan fingerprint density at radius 3 is 2.50 bits per heavy atom. The lowest BCUT2D eigenvalue weighted by Crippen LogP contribution is -2.40. The van der Waals surface area contributed by atoms with Gasteiger partial charge in [0, 0.05) is 5.25 Å². The molecule has 0 aromatic carbocycles. The summed E-state index contributed by atoms with van der Waals surface area (Å²) in [7, 11) is 0. The summed E-state index contributed by atoms with van der Waals surface area (Å²) in [6.07, 6.45) is -1.64. The first kappa shape index (κ1) is 15.6. The molecule has 1 N–H and O–H groups in total. The molecule has 0 saturated heterocycles. The zero-order valence-electron chi connectivity index (χ0n) is 10.4. The van der Waals surface area contributed by atoms with Gasteiger partial charge in [0.15, 0.2) is 5.17 Å². The van der Waals surface area contributed by atoms with Gasteiger partial charge in [-0.05, 0) is 5.92 Å². The summed E-state index contributed by atoms with van der Waals surface area (Å²) in [5.41, 5.74) is 0. The summed E-state index contributed by atoms with van der Waals surface area (Å²) in [6, 6.07) is 0. The average molecular weight is 286 g/mol. The Kier molecular flexibility index (Phi) is 5.75. The fraction of sp³-hybridized carbons (Fsp3) is 0.909. The van der Waals surface area contributed by atoms with Crippen molar-refractivity contribution in [3.05, 3.63) is 0 Å². The molecule has 0 amide bonds. The third-order valence-corrected chi connectivity index (χ3v) is 4.38. The first-order valence-electron chi connectivity index (χ1n) is 6.01. The minimum absolute atomic E-state index is 0.266. The predicted molar refractivity (Wildman–Crippen MR) is 66.7 cm³/mol. The van der Waals surface area contributed by atoms with Gasteiger partial charge in [-0.1, -0.05) is 38.5 Å². The van der Waals surface area contributed by atoms with E-state index in [2.05, 4.69) is 24.2 Å². The molecular formula is C11H18F4N2S. The van der Waals surface area contributed by atoms with Gasteiger partial charge in [-0.15, -0.1) is 0 Å². The van der Waals surface area contributed by atoms with E-state index in [0.29, 0.717) is 17.6 Å². The van der Waals surface area contributed by atoms with Crippen LogP contribution in [-0.2, 0) is 0 Å². The molecule has 1 unspecified atom stereocenters. The van der Waals surface area contributed by atoms with Crippen LogP contribution in [0.4, 0.5) is 17.6 Å². The molecule has 0 aromatic heterocycles. The molecule has 0 radical (unpaired) electrons. The van der Waals surface area contributed by atoms with Crippen molar-refractivity contribution in [1.29, 1.82) is 0 Å². The molecule has 0 spiro atoms. The van der Waals surface area contributed by atoms with Gasteiger partial charge in [0.2, 0.25) is 0 Å². The summed E-state index contributed by atoms with van der Waals surface area (Å²) in [6.45, 7) is 3.65. The van der Waals surface area contributed by atoms with Crippen LogP contribution in [0.15, 0.2) is 4.99 Å². The Morgan fingerprint density at radius 1 is 1.39 bits per heavy atom. The highest BCUT2D eigenvalue weighted by Gasteiger charge is 2.41. The van der Waals surface area contributed by atoms with E-state index in [4.69, 9.17) is 0 Å². The molecule has 0 aromatic rings. The zero-order chi connectivity index (χ0) is 13.8. The quantitative estimate of drug-likeness (QED) is 0.757. The monoisotopic (exact) mass is 286 g/mol. The summed E-state index contributed by atoms with van der Waals surface area (Å²) >= 11 is 1.38. The van der Waals surface area contributed by atoms with Gasteiger partial charge in [0.1, 0.15) is 0 Å². The highest BCUT2D eigenvalue weighted by molar-refractivity contribution is 8.14. The van der Waals surface area contributed by atoms with E-state index in [9.17, 15) is 17.6 Å². The molecule has 1 atom stereocenters. The Labute approximate surface area is 109 Å². The lowest BCUT2D eigenvalue weighted by atomic mass is 9.99. The number of hydrogen-bond donors (Lipinski definition) is 1. The van der Waals surface area contributed by atoms with Crippen LogP contribution >= 0.6 is 11.8 Å². The maximum Gasteiger partial charge on any atom is 0.324 e. The first-order valence-corrected chi connectivity index (χ1v) is 6.89. The van der Waals surface area contributed by atoms with Crippen LogP contribution in [0, 0.1) is 5.92 Å². The van der Waals surface area contributed by atoms with Crippen molar-refractivity contribution < 1.29 is 17.6 Å². The van der Waals surface area contributed by atoms with E-state index in [0.717, 1.165) is 12.8 Å². The van der Waals surface area contributed by atoms with Crippen LogP contribution in [0.3, 0.4) is 0 Å². The van der Waals surface area contributed by atoms with Crippen molar-refractivity contribution in [3.8, 4) is 0 Å². The number of hydrogen-bond acceptors (Lipinski definition) is 3. The highest BCUT2D eigenvalue weighted by Crippen LogP contribution is 2.30. The molecule has 1 rings (SSSR count). The Bertz CT molecular complexity index is 293. The van der Waals surface area contributed by atoms with Crippen molar-refractivity contribution in [3.63, 3.8) is 0 Å². The molecule has 0 aliphatic carbocycles. The number of nitrogens with one attached hydrogen (secondary N) is 1. The zero-order valence-corrected chi connectivity index (χ0v) is 11.2. The lowest BCUT2D eigenvalue weighted by Gasteiger charge is -2.19. The topological polar surface area (TPSA) is 24.4 Å². The predicted octanol–water partition coefficient (Wildman–Crippen LogP) is 3.38. The van der Waals surface area contributed by atoms with Crippen LogP contribution in [0.2, 0.25) is 0 Å². The van der Waals surface area contributed by atoms with E-state index in [1.54, 1.807) is 0 Å². The normalized spacial score (nSPS) is 20.7. The number of halogens is 4. The molecule has 106 valence electrons. The van der Waals surface area contributed by atoms with Crippen molar-refractivity contribution in [2.45, 2.75) is 44.3 Å². The van der Waals surface area contributed by atoms with Gasteiger partial charge in [0.05, 0.1) is 13.1 Å². The average Bonchev–Trinajstić information content (AvgIpc) is 2.77. The second kappa shape index (κ2) is 6.63. The minimum Gasteiger partial charge on any atom is -0.359 e. The fourth-order valence-corrected chi connectivity index (χ4v) is 3.14. The smallest absolute Gasteiger partial charge is 0.324 e. The lowest BCUT2D eigenvalue weighted by molar-refractivity contribution is -0.122. The van der Waals surface area contributed by atoms with Crippen molar-refractivity contribution in [1.82, 2.24) is 5.32 Å². The third-order valence-electron chi connectivity index (χ3n) is 3.05. The van der Waals surface area contributed by atoms with Crippen LogP contribution in [0.5, 0.6) is 0 Å². The van der Waals surface area contributed by atoms with Gasteiger partial charge in [-0.25, -0.2) is 8.78 Å². The fourth-order valence-electron chi connectivity index (χ4n) is 1.82. The van der Waals surface area contributed by atoms with Crippen LogP contribution in [-0.4, -0.2) is 35.9 Å². The minimum atomic E-state index is -4.00. The van der Waals surface area contributed by atoms with Gasteiger partial charge in [-0.3, -0.25) is 4.99 Å². The van der Waals surface area contributed by atoms with Gasteiger partial charge in [0.25, 0.3) is 0 Å². The van der Waals surface area contributed by atoms with Crippen molar-refractivity contribution in [2.75, 3.05) is 13.1 Å². The van der Waals surface area contributed by atoms with Gasteiger partial charge >= 0.3 is 12.3 Å². The van der Waals surface area contributed by atoms with E-state index in [1.165, 1.54) is 11.8 Å². The van der Waals surface area contributed by atoms with E-state index in [1.807, 2.05) is 0 Å². The van der Waals surface area contributed by atoms with Crippen LogP contribution in [0.25, 0.3) is 0 Å². The number of aliphatic imine (C=N–C) groups is 1. The molecule has 1 heterocycles. The van der Waals surface area contributed by atoms with E-state index < -0.39 is 18.9 Å². The highest BCUT2D eigenvalue weighted by atomic mass is 32.2.